The molecule has 0 spiro atoms. The second-order valence-electron chi connectivity index (χ2n) is 4.51. The summed E-state index contributed by atoms with van der Waals surface area (Å²) < 4.78 is 29.3. The van der Waals surface area contributed by atoms with Crippen LogP contribution in [0.2, 0.25) is 0 Å². The summed E-state index contributed by atoms with van der Waals surface area (Å²) >= 11 is 0. The zero-order valence-corrected chi connectivity index (χ0v) is 16.3. The molecule has 0 aromatic heterocycles. The van der Waals surface area contributed by atoms with E-state index in [0.717, 1.165) is 25.7 Å². The minimum atomic E-state index is -4.01. The first-order valence-electron chi connectivity index (χ1n) is 6.72. The molecule has 0 aliphatic rings. The SMILES string of the molecule is C=CCCCCCCCCC([O-])=NCCS(=O)(=O)O.[K+]. The van der Waals surface area contributed by atoms with Crippen molar-refractivity contribution in [2.45, 2.75) is 51.4 Å². The first-order valence-corrected chi connectivity index (χ1v) is 8.33. The van der Waals surface area contributed by atoms with Crippen molar-refractivity contribution in [3.63, 3.8) is 0 Å². The average Bonchev–Trinajstić information content (AvgIpc) is 2.31. The summed E-state index contributed by atoms with van der Waals surface area (Å²) in [5, 5.41) is 11.2. The van der Waals surface area contributed by atoms with Crippen LogP contribution in [0.3, 0.4) is 0 Å². The molecule has 5 nitrogen and oxygen atoms in total. The van der Waals surface area contributed by atoms with Gasteiger partial charge in [0.25, 0.3) is 10.1 Å². The van der Waals surface area contributed by atoms with Crippen molar-refractivity contribution >= 4 is 16.0 Å². The molecule has 0 amide bonds. The van der Waals surface area contributed by atoms with Crippen LogP contribution in [0.4, 0.5) is 0 Å². The molecule has 0 aromatic rings. The van der Waals surface area contributed by atoms with Crippen LogP contribution < -0.4 is 56.5 Å². The molecule has 0 fully saturated rings. The quantitative estimate of drug-likeness (QED) is 0.123. The van der Waals surface area contributed by atoms with Gasteiger partial charge in [0, 0.05) is 0 Å². The Kier molecular flexibility index (Phi) is 16.9. The summed E-state index contributed by atoms with van der Waals surface area (Å²) in [5.74, 6) is -0.766. The molecule has 112 valence electrons. The van der Waals surface area contributed by atoms with Crippen molar-refractivity contribution in [1.29, 1.82) is 0 Å². The Hall–Kier alpha value is 0.756. The van der Waals surface area contributed by atoms with Gasteiger partial charge in [-0.05, 0) is 31.6 Å². The predicted molar refractivity (Wildman–Crippen MR) is 75.9 cm³/mol. The summed E-state index contributed by atoms with van der Waals surface area (Å²) in [6.07, 6.45) is 9.77. The maximum Gasteiger partial charge on any atom is 1.00 e. The Bertz CT molecular complexity index is 369. The predicted octanol–water partition coefficient (Wildman–Crippen LogP) is -1.06. The Balaban J connectivity index is 0. The third-order valence-corrected chi connectivity index (χ3v) is 3.38. The van der Waals surface area contributed by atoms with Gasteiger partial charge in [-0.3, -0.25) is 4.55 Å². The van der Waals surface area contributed by atoms with Gasteiger partial charge in [-0.15, -0.1) is 6.58 Å². The second-order valence-corrected chi connectivity index (χ2v) is 6.08. The number of nitrogens with zero attached hydrogens (tertiary/aromatic N) is 1. The van der Waals surface area contributed by atoms with E-state index in [1.54, 1.807) is 0 Å². The number of aliphatic imine (C=N–C) groups is 1. The molecule has 0 bridgehead atoms. The molecule has 0 unspecified atom stereocenters. The number of unbranched alkanes of at least 4 members (excludes halogenated alkanes) is 6. The minimum Gasteiger partial charge on any atom is -0.862 e. The summed E-state index contributed by atoms with van der Waals surface area (Å²) in [5.41, 5.74) is 0. The molecule has 0 saturated heterocycles. The minimum absolute atomic E-state index is 0. The van der Waals surface area contributed by atoms with Crippen LogP contribution in [-0.4, -0.2) is 31.2 Å². The fraction of sp³-hybridized carbons (Fsp3) is 0.769. The molecule has 20 heavy (non-hydrogen) atoms. The summed E-state index contributed by atoms with van der Waals surface area (Å²) in [6, 6.07) is 0. The zero-order valence-electron chi connectivity index (χ0n) is 12.4. The van der Waals surface area contributed by atoms with Gasteiger partial charge in [-0.25, -0.2) is 0 Å². The fourth-order valence-electron chi connectivity index (χ4n) is 1.64. The van der Waals surface area contributed by atoms with E-state index in [1.165, 1.54) is 19.3 Å². The van der Waals surface area contributed by atoms with Crippen LogP contribution in [0.25, 0.3) is 0 Å². The van der Waals surface area contributed by atoms with Gasteiger partial charge in [0.05, 0.1) is 12.3 Å². The van der Waals surface area contributed by atoms with Crippen molar-refractivity contribution in [3.05, 3.63) is 12.7 Å². The van der Waals surface area contributed by atoms with Crippen LogP contribution in [-0.2, 0) is 10.1 Å². The molecule has 0 saturated carbocycles. The topological polar surface area (TPSA) is 89.8 Å². The van der Waals surface area contributed by atoms with Gasteiger partial charge in [0.1, 0.15) is 0 Å². The Morgan fingerprint density at radius 1 is 1.15 bits per heavy atom. The van der Waals surface area contributed by atoms with Gasteiger partial charge in [0.2, 0.25) is 0 Å². The van der Waals surface area contributed by atoms with Gasteiger partial charge < -0.3 is 10.1 Å². The van der Waals surface area contributed by atoms with Crippen LogP contribution in [0, 0.1) is 0 Å². The zero-order chi connectivity index (χ0) is 14.6. The average molecular weight is 330 g/mol. The van der Waals surface area contributed by atoms with Gasteiger partial charge in [-0.2, -0.15) is 8.42 Å². The molecule has 0 radical (unpaired) electrons. The molecule has 0 aliphatic heterocycles. The van der Waals surface area contributed by atoms with Gasteiger partial charge in [-0.1, -0.05) is 31.8 Å². The monoisotopic (exact) mass is 329 g/mol. The third-order valence-electron chi connectivity index (χ3n) is 2.69. The van der Waals surface area contributed by atoms with E-state index < -0.39 is 15.9 Å². The third kappa shape index (κ3) is 18.8. The molecule has 1 N–H and O–H groups in total. The number of hydrogen-bond donors (Lipinski definition) is 1. The number of rotatable bonds is 12. The van der Waals surface area contributed by atoms with Crippen LogP contribution in [0.1, 0.15) is 51.4 Å². The van der Waals surface area contributed by atoms with Crippen LogP contribution >= 0.6 is 0 Å². The van der Waals surface area contributed by atoms with E-state index in [4.69, 9.17) is 4.55 Å². The summed E-state index contributed by atoms with van der Waals surface area (Å²) in [6.45, 7) is 3.51. The van der Waals surface area contributed by atoms with Gasteiger partial charge in [0.15, 0.2) is 0 Å². The summed E-state index contributed by atoms with van der Waals surface area (Å²) in [4.78, 5) is 3.58. The molecule has 0 aromatic carbocycles. The maximum atomic E-state index is 11.2. The number of hydrogen-bond acceptors (Lipinski definition) is 4. The Morgan fingerprint density at radius 2 is 1.70 bits per heavy atom. The molecular weight excluding hydrogens is 305 g/mol. The Labute approximate surface area is 165 Å². The standard InChI is InChI=1S/C13H25NO4S.K/c1-2-3-4-5-6-7-8-9-10-13(15)14-11-12-19(16,17)18;/h2H,1,3-12H2,(H,14,15)(H,16,17,18);/q;+1/p-1. The van der Waals surface area contributed by atoms with Crippen molar-refractivity contribution in [2.24, 2.45) is 4.99 Å². The van der Waals surface area contributed by atoms with E-state index >= 15 is 0 Å². The van der Waals surface area contributed by atoms with E-state index in [-0.39, 0.29) is 63.8 Å². The largest absolute Gasteiger partial charge is 1.00 e. The molecule has 0 aliphatic carbocycles. The molecule has 7 heteroatoms. The molecule has 0 atom stereocenters. The number of allylic oxidation sites excluding steroid dienone is 1. The van der Waals surface area contributed by atoms with Crippen molar-refractivity contribution in [3.8, 4) is 0 Å². The van der Waals surface area contributed by atoms with Crippen molar-refractivity contribution in [1.82, 2.24) is 0 Å². The van der Waals surface area contributed by atoms with Crippen LogP contribution in [0.15, 0.2) is 17.6 Å². The van der Waals surface area contributed by atoms with Crippen molar-refractivity contribution < 1.29 is 69.5 Å². The fourth-order valence-corrected chi connectivity index (χ4v) is 1.96. The first kappa shape index (κ1) is 23.0. The second kappa shape index (κ2) is 14.7. The molecular formula is C13H24KNO4S. The molecule has 0 rings (SSSR count). The van der Waals surface area contributed by atoms with Crippen LogP contribution in [0.5, 0.6) is 0 Å². The maximum absolute atomic E-state index is 11.2. The van der Waals surface area contributed by atoms with E-state index in [1.807, 2.05) is 6.08 Å². The van der Waals surface area contributed by atoms with Gasteiger partial charge >= 0.3 is 51.4 Å². The summed E-state index contributed by atoms with van der Waals surface area (Å²) in [7, 11) is -4.01. The Morgan fingerprint density at radius 3 is 2.25 bits per heavy atom. The van der Waals surface area contributed by atoms with E-state index in [2.05, 4.69) is 11.6 Å². The smallest absolute Gasteiger partial charge is 0.862 e. The van der Waals surface area contributed by atoms with E-state index in [9.17, 15) is 13.5 Å². The van der Waals surface area contributed by atoms with Crippen molar-refractivity contribution in [2.75, 3.05) is 12.3 Å². The normalized spacial score (nSPS) is 11.9. The first-order chi connectivity index (χ1) is 8.95. The molecule has 0 heterocycles. The van der Waals surface area contributed by atoms with E-state index in [0.29, 0.717) is 6.42 Å².